The van der Waals surface area contributed by atoms with Crippen LogP contribution in [0.15, 0.2) is 0 Å². The Kier molecular flexibility index (Phi) is 6.87. The van der Waals surface area contributed by atoms with Gasteiger partial charge in [0.05, 0.1) is 12.4 Å². The molecule has 0 saturated carbocycles. The molecule has 1 N–H and O–H groups in total. The van der Waals surface area contributed by atoms with E-state index < -0.39 is 16.0 Å². The average molecular weight is 258 g/mol. The first-order valence-corrected chi connectivity index (χ1v) is 6.79. The van der Waals surface area contributed by atoms with Crippen LogP contribution in [0.1, 0.15) is 13.8 Å². The van der Waals surface area contributed by atoms with Crippen molar-refractivity contribution in [3.05, 3.63) is 0 Å². The normalized spacial score (nSPS) is 13.5. The lowest BCUT2D eigenvalue weighted by molar-refractivity contribution is -0.141. The molecule has 0 bridgehead atoms. The molecular weight excluding hydrogens is 242 g/mol. The van der Waals surface area contributed by atoms with Gasteiger partial charge in [0.25, 0.3) is 0 Å². The van der Waals surface area contributed by atoms with Gasteiger partial charge < -0.3 is 4.74 Å². The molecule has 0 aromatic carbocycles. The molecule has 0 aromatic heterocycles. The van der Waals surface area contributed by atoms with E-state index in [1.165, 1.54) is 0 Å². The molecule has 0 aromatic rings. The second-order valence-electron chi connectivity index (χ2n) is 3.17. The van der Waals surface area contributed by atoms with Crippen LogP contribution in [0, 0.1) is 5.92 Å². The maximum Gasteiger partial charge on any atom is 0.320 e. The van der Waals surface area contributed by atoms with E-state index >= 15 is 0 Å². The molecule has 90 valence electrons. The third-order valence-corrected chi connectivity index (χ3v) is 3.63. The molecule has 0 spiro atoms. The van der Waals surface area contributed by atoms with Crippen molar-refractivity contribution in [3.8, 4) is 0 Å². The molecule has 0 fully saturated rings. The number of hydrogen-bond acceptors (Lipinski definition) is 4. The van der Waals surface area contributed by atoms with E-state index in [2.05, 4.69) is 9.46 Å². The van der Waals surface area contributed by atoms with Crippen molar-refractivity contribution >= 4 is 27.6 Å². The molecule has 0 aliphatic heterocycles. The van der Waals surface area contributed by atoms with Crippen molar-refractivity contribution in [1.82, 2.24) is 4.72 Å². The lowest BCUT2D eigenvalue weighted by Crippen LogP contribution is -2.34. The van der Waals surface area contributed by atoms with Crippen LogP contribution in [-0.2, 0) is 19.6 Å². The molecular formula is C8H16ClNO4S. The number of carbonyl (C=O) groups is 1. The topological polar surface area (TPSA) is 72.5 Å². The predicted octanol–water partition coefficient (Wildman–Crippen LogP) is 0.344. The molecule has 0 radical (unpaired) electrons. The van der Waals surface area contributed by atoms with Gasteiger partial charge in [-0.3, -0.25) is 4.79 Å². The number of halogens is 1. The van der Waals surface area contributed by atoms with Gasteiger partial charge in [0.15, 0.2) is 0 Å². The number of nitrogens with one attached hydrogen (secondary N) is 1. The molecule has 0 rings (SSSR count). The number of sulfonamides is 1. The highest BCUT2D eigenvalue weighted by Crippen LogP contribution is 2.01. The van der Waals surface area contributed by atoms with Crippen LogP contribution in [0.4, 0.5) is 0 Å². The number of esters is 1. The van der Waals surface area contributed by atoms with Crippen LogP contribution in [0.25, 0.3) is 0 Å². The molecule has 0 heterocycles. The maximum atomic E-state index is 11.3. The lowest BCUT2D eigenvalue weighted by atomic mass is 10.3. The van der Waals surface area contributed by atoms with Crippen molar-refractivity contribution < 1.29 is 17.9 Å². The highest BCUT2D eigenvalue weighted by atomic mass is 35.5. The Morgan fingerprint density at radius 2 is 2.13 bits per heavy atom. The van der Waals surface area contributed by atoms with E-state index in [-0.39, 0.29) is 30.7 Å². The summed E-state index contributed by atoms with van der Waals surface area (Å²) in [5, 5.41) is 0. The summed E-state index contributed by atoms with van der Waals surface area (Å²) in [5.74, 6) is -0.554. The zero-order valence-corrected chi connectivity index (χ0v) is 10.4. The number of rotatable bonds is 7. The van der Waals surface area contributed by atoms with Gasteiger partial charge in [-0.2, -0.15) is 0 Å². The van der Waals surface area contributed by atoms with Crippen LogP contribution < -0.4 is 4.72 Å². The summed E-state index contributed by atoms with van der Waals surface area (Å²) in [4.78, 5) is 10.9. The Hall–Kier alpha value is -0.330. The fraction of sp³-hybridized carbons (Fsp3) is 0.875. The molecule has 1 atom stereocenters. The van der Waals surface area contributed by atoms with Gasteiger partial charge in [0.1, 0.15) is 6.54 Å². The second-order valence-corrected chi connectivity index (χ2v) is 5.33. The molecule has 15 heavy (non-hydrogen) atoms. The first-order chi connectivity index (χ1) is 6.91. The number of carbonyl (C=O) groups excluding carboxylic acids is 1. The van der Waals surface area contributed by atoms with Gasteiger partial charge in [0, 0.05) is 5.88 Å². The molecule has 1 unspecified atom stereocenters. The fourth-order valence-electron chi connectivity index (χ4n) is 0.859. The number of hydrogen-bond donors (Lipinski definition) is 1. The summed E-state index contributed by atoms with van der Waals surface area (Å²) in [6, 6.07) is 0. The van der Waals surface area contributed by atoms with Crippen LogP contribution in [0.2, 0.25) is 0 Å². The zero-order valence-electron chi connectivity index (χ0n) is 8.82. The van der Waals surface area contributed by atoms with E-state index in [1.54, 1.807) is 13.8 Å². The quantitative estimate of drug-likeness (QED) is 0.527. The van der Waals surface area contributed by atoms with Crippen LogP contribution >= 0.6 is 11.6 Å². The molecule has 0 saturated heterocycles. The third-order valence-electron chi connectivity index (χ3n) is 1.51. The third kappa shape index (κ3) is 7.58. The summed E-state index contributed by atoms with van der Waals surface area (Å²) in [7, 11) is -3.44. The molecule has 0 aliphatic rings. The standard InChI is InChI=1S/C8H16ClNO4S/c1-3-14-8(11)5-10-15(12,13)6-7(2)4-9/h7,10H,3-6H2,1-2H3. The maximum absolute atomic E-state index is 11.3. The molecule has 0 amide bonds. The summed E-state index contributed by atoms with van der Waals surface area (Å²) < 4.78 is 29.4. The van der Waals surface area contributed by atoms with Crippen LogP contribution in [0.3, 0.4) is 0 Å². The van der Waals surface area contributed by atoms with E-state index in [0.29, 0.717) is 0 Å². The van der Waals surface area contributed by atoms with E-state index in [4.69, 9.17) is 11.6 Å². The summed E-state index contributed by atoms with van der Waals surface area (Å²) in [6.07, 6.45) is 0. The minimum atomic E-state index is -3.44. The summed E-state index contributed by atoms with van der Waals surface area (Å²) in [5.41, 5.74) is 0. The Labute approximate surface area is 95.2 Å². The minimum absolute atomic E-state index is 0.0874. The lowest BCUT2D eigenvalue weighted by Gasteiger charge is -2.09. The van der Waals surface area contributed by atoms with Crippen LogP contribution in [-0.4, -0.2) is 39.2 Å². The largest absolute Gasteiger partial charge is 0.465 e. The molecule has 7 heteroatoms. The zero-order chi connectivity index (χ0) is 11.9. The van der Waals surface area contributed by atoms with E-state index in [0.717, 1.165) is 0 Å². The van der Waals surface area contributed by atoms with E-state index in [1.807, 2.05) is 0 Å². The Morgan fingerprint density at radius 3 is 2.60 bits per heavy atom. The fourth-order valence-corrected chi connectivity index (χ4v) is 2.42. The first-order valence-electron chi connectivity index (χ1n) is 4.60. The van der Waals surface area contributed by atoms with Gasteiger partial charge in [-0.25, -0.2) is 13.1 Å². The predicted molar refractivity (Wildman–Crippen MR) is 58.3 cm³/mol. The molecule has 0 aliphatic carbocycles. The highest BCUT2D eigenvalue weighted by Gasteiger charge is 2.16. The van der Waals surface area contributed by atoms with Crippen molar-refractivity contribution in [1.29, 1.82) is 0 Å². The van der Waals surface area contributed by atoms with E-state index in [9.17, 15) is 13.2 Å². The second kappa shape index (κ2) is 7.03. The minimum Gasteiger partial charge on any atom is -0.465 e. The number of ether oxygens (including phenoxy) is 1. The van der Waals surface area contributed by atoms with Crippen molar-refractivity contribution in [3.63, 3.8) is 0 Å². The molecule has 5 nitrogen and oxygen atoms in total. The van der Waals surface area contributed by atoms with Crippen molar-refractivity contribution in [2.75, 3.05) is 24.8 Å². The smallest absolute Gasteiger partial charge is 0.320 e. The van der Waals surface area contributed by atoms with Crippen molar-refractivity contribution in [2.45, 2.75) is 13.8 Å². The van der Waals surface area contributed by atoms with Crippen LogP contribution in [0.5, 0.6) is 0 Å². The summed E-state index contributed by atoms with van der Waals surface area (Å²) in [6.45, 7) is 3.28. The summed E-state index contributed by atoms with van der Waals surface area (Å²) >= 11 is 5.49. The van der Waals surface area contributed by atoms with Gasteiger partial charge in [-0.15, -0.1) is 11.6 Å². The average Bonchev–Trinajstić information content (AvgIpc) is 2.15. The Bertz CT molecular complexity index is 291. The first kappa shape index (κ1) is 14.7. The van der Waals surface area contributed by atoms with Gasteiger partial charge in [-0.1, -0.05) is 6.92 Å². The van der Waals surface area contributed by atoms with Gasteiger partial charge in [0.2, 0.25) is 10.0 Å². The SMILES string of the molecule is CCOC(=O)CNS(=O)(=O)CC(C)CCl. The highest BCUT2D eigenvalue weighted by molar-refractivity contribution is 7.89. The Balaban J connectivity index is 3.99. The van der Waals surface area contributed by atoms with Gasteiger partial charge >= 0.3 is 5.97 Å². The monoisotopic (exact) mass is 257 g/mol. The van der Waals surface area contributed by atoms with Crippen molar-refractivity contribution in [2.24, 2.45) is 5.92 Å². The van der Waals surface area contributed by atoms with Gasteiger partial charge in [-0.05, 0) is 12.8 Å². The Morgan fingerprint density at radius 1 is 1.53 bits per heavy atom. The number of alkyl halides is 1.